The topological polar surface area (TPSA) is 72.0 Å². The van der Waals surface area contributed by atoms with Crippen molar-refractivity contribution < 1.29 is 4.74 Å². The molecule has 0 bridgehead atoms. The van der Waals surface area contributed by atoms with Crippen molar-refractivity contribution in [3.05, 3.63) is 52.2 Å². The monoisotopic (exact) mass is 275 g/mol. The molecule has 0 unspecified atom stereocenters. The number of amidine groups is 1. The molecular weight excluding hydrogens is 262 g/mol. The van der Waals surface area contributed by atoms with Crippen LogP contribution in [0, 0.1) is 19.3 Å². The van der Waals surface area contributed by atoms with E-state index >= 15 is 0 Å². The molecule has 0 aliphatic carbocycles. The second-order valence-corrected chi connectivity index (χ2v) is 4.70. The molecule has 0 saturated carbocycles. The summed E-state index contributed by atoms with van der Waals surface area (Å²) in [4.78, 5) is 4.11. The van der Waals surface area contributed by atoms with Crippen LogP contribution >= 0.6 is 11.6 Å². The Hall–Kier alpha value is -2.07. The number of halogens is 1. The molecule has 4 nitrogen and oxygen atoms in total. The number of hydrogen-bond acceptors (Lipinski definition) is 3. The van der Waals surface area contributed by atoms with E-state index in [4.69, 9.17) is 27.5 Å². The Labute approximate surface area is 116 Å². The van der Waals surface area contributed by atoms with Crippen LogP contribution in [0.3, 0.4) is 0 Å². The maximum absolute atomic E-state index is 7.40. The molecule has 2 aromatic rings. The van der Waals surface area contributed by atoms with Crippen LogP contribution in [-0.2, 0) is 0 Å². The van der Waals surface area contributed by atoms with Crippen LogP contribution < -0.4 is 10.5 Å². The number of nitrogen functional groups attached to an aromatic ring is 1. The van der Waals surface area contributed by atoms with Gasteiger partial charge in [0.1, 0.15) is 11.6 Å². The average Bonchev–Trinajstić information content (AvgIpc) is 2.34. The van der Waals surface area contributed by atoms with Gasteiger partial charge in [-0.15, -0.1) is 0 Å². The average molecular weight is 276 g/mol. The fraction of sp³-hybridized carbons (Fsp3) is 0.143. The molecule has 0 saturated heterocycles. The van der Waals surface area contributed by atoms with Gasteiger partial charge >= 0.3 is 0 Å². The van der Waals surface area contributed by atoms with Crippen molar-refractivity contribution in [1.82, 2.24) is 4.98 Å². The zero-order valence-corrected chi connectivity index (χ0v) is 11.5. The van der Waals surface area contributed by atoms with Gasteiger partial charge in [0.15, 0.2) is 0 Å². The minimum atomic E-state index is -0.0169. The van der Waals surface area contributed by atoms with Crippen molar-refractivity contribution in [2.24, 2.45) is 5.73 Å². The Balaban J connectivity index is 2.36. The summed E-state index contributed by atoms with van der Waals surface area (Å²) in [5.74, 6) is 1.11. The van der Waals surface area contributed by atoms with Gasteiger partial charge in [-0.2, -0.15) is 0 Å². The fourth-order valence-electron chi connectivity index (χ4n) is 1.80. The van der Waals surface area contributed by atoms with E-state index < -0.39 is 0 Å². The van der Waals surface area contributed by atoms with Crippen LogP contribution in [0.1, 0.15) is 16.7 Å². The van der Waals surface area contributed by atoms with Crippen molar-refractivity contribution >= 4 is 17.4 Å². The summed E-state index contributed by atoms with van der Waals surface area (Å²) in [6, 6.07) is 6.96. The van der Waals surface area contributed by atoms with Gasteiger partial charge in [0.05, 0.1) is 0 Å². The molecule has 0 aliphatic heterocycles. The van der Waals surface area contributed by atoms with Gasteiger partial charge in [-0.25, -0.2) is 4.98 Å². The number of nitrogens with zero attached hydrogens (tertiary/aromatic N) is 1. The molecule has 0 atom stereocenters. The maximum atomic E-state index is 7.40. The zero-order chi connectivity index (χ0) is 14.0. The van der Waals surface area contributed by atoms with Crippen LogP contribution in [0.15, 0.2) is 30.5 Å². The summed E-state index contributed by atoms with van der Waals surface area (Å²) in [6.45, 7) is 3.84. The van der Waals surface area contributed by atoms with E-state index in [-0.39, 0.29) is 5.84 Å². The third kappa shape index (κ3) is 3.03. The van der Waals surface area contributed by atoms with E-state index in [1.165, 1.54) is 0 Å². The first-order valence-electron chi connectivity index (χ1n) is 5.72. The quantitative estimate of drug-likeness (QED) is 0.666. The lowest BCUT2D eigenvalue weighted by molar-refractivity contribution is 0.456. The largest absolute Gasteiger partial charge is 0.438 e. The third-order valence-electron chi connectivity index (χ3n) is 2.68. The number of rotatable bonds is 3. The molecule has 1 aromatic heterocycles. The Kier molecular flexibility index (Phi) is 3.71. The molecule has 1 aromatic carbocycles. The molecule has 98 valence electrons. The predicted molar refractivity (Wildman–Crippen MR) is 76.3 cm³/mol. The number of nitrogens with two attached hydrogens (primary N) is 1. The van der Waals surface area contributed by atoms with E-state index in [0.717, 1.165) is 16.9 Å². The SMILES string of the molecule is Cc1cc(Cl)cc(C)c1Oc1cc(C(=N)N)ccn1. The normalized spacial score (nSPS) is 10.3. The lowest BCUT2D eigenvalue weighted by Crippen LogP contribution is -2.11. The Morgan fingerprint density at radius 1 is 1.26 bits per heavy atom. The maximum Gasteiger partial charge on any atom is 0.219 e. The summed E-state index contributed by atoms with van der Waals surface area (Å²) in [7, 11) is 0. The number of nitrogens with one attached hydrogen (secondary N) is 1. The van der Waals surface area contributed by atoms with Gasteiger partial charge in [-0.05, 0) is 43.2 Å². The van der Waals surface area contributed by atoms with E-state index in [2.05, 4.69) is 4.98 Å². The van der Waals surface area contributed by atoms with Gasteiger partial charge in [0.25, 0.3) is 0 Å². The molecule has 19 heavy (non-hydrogen) atoms. The summed E-state index contributed by atoms with van der Waals surface area (Å²) in [5, 5.41) is 8.08. The van der Waals surface area contributed by atoms with Crippen molar-refractivity contribution in [2.75, 3.05) is 0 Å². The van der Waals surface area contributed by atoms with Gasteiger partial charge in [0.2, 0.25) is 5.88 Å². The smallest absolute Gasteiger partial charge is 0.219 e. The number of ether oxygens (including phenoxy) is 1. The highest BCUT2D eigenvalue weighted by atomic mass is 35.5. The van der Waals surface area contributed by atoms with E-state index in [0.29, 0.717) is 16.5 Å². The van der Waals surface area contributed by atoms with Gasteiger partial charge in [-0.1, -0.05) is 11.6 Å². The van der Waals surface area contributed by atoms with E-state index in [9.17, 15) is 0 Å². The Morgan fingerprint density at radius 2 is 1.89 bits per heavy atom. The lowest BCUT2D eigenvalue weighted by Gasteiger charge is -2.12. The van der Waals surface area contributed by atoms with Gasteiger partial charge in [0, 0.05) is 22.8 Å². The zero-order valence-electron chi connectivity index (χ0n) is 10.7. The van der Waals surface area contributed by atoms with Crippen LogP contribution in [-0.4, -0.2) is 10.8 Å². The first kappa shape index (κ1) is 13.4. The summed E-state index contributed by atoms with van der Waals surface area (Å²) < 4.78 is 5.76. The standard InChI is InChI=1S/C14H14ClN3O/c1-8-5-11(15)6-9(2)13(8)19-12-7-10(14(16)17)3-4-18-12/h3-7H,1-2H3,(H3,16,17). The highest BCUT2D eigenvalue weighted by Gasteiger charge is 2.09. The number of aryl methyl sites for hydroxylation is 2. The molecule has 0 spiro atoms. The molecule has 0 fully saturated rings. The summed E-state index contributed by atoms with van der Waals surface area (Å²) in [5.41, 5.74) is 7.88. The van der Waals surface area contributed by atoms with Crippen molar-refractivity contribution in [3.8, 4) is 11.6 Å². The van der Waals surface area contributed by atoms with Crippen LogP contribution in [0.5, 0.6) is 11.6 Å². The molecule has 3 N–H and O–H groups in total. The van der Waals surface area contributed by atoms with Gasteiger partial charge in [-0.3, -0.25) is 5.41 Å². The van der Waals surface area contributed by atoms with E-state index in [1.54, 1.807) is 18.3 Å². The first-order valence-corrected chi connectivity index (χ1v) is 6.10. The predicted octanol–water partition coefficient (Wildman–Crippen LogP) is 3.43. The van der Waals surface area contributed by atoms with Crippen LogP contribution in [0.4, 0.5) is 0 Å². The molecule has 2 rings (SSSR count). The van der Waals surface area contributed by atoms with Crippen LogP contribution in [0.2, 0.25) is 5.02 Å². The molecule has 0 amide bonds. The second kappa shape index (κ2) is 5.28. The molecule has 0 aliphatic rings. The minimum Gasteiger partial charge on any atom is -0.438 e. The summed E-state index contributed by atoms with van der Waals surface area (Å²) >= 11 is 5.98. The third-order valence-corrected chi connectivity index (χ3v) is 2.90. The fourth-order valence-corrected chi connectivity index (χ4v) is 2.12. The highest BCUT2D eigenvalue weighted by molar-refractivity contribution is 6.30. The van der Waals surface area contributed by atoms with Crippen LogP contribution in [0.25, 0.3) is 0 Å². The number of benzene rings is 1. The van der Waals surface area contributed by atoms with Gasteiger partial charge < -0.3 is 10.5 Å². The van der Waals surface area contributed by atoms with Crippen molar-refractivity contribution in [1.29, 1.82) is 5.41 Å². The molecule has 5 heteroatoms. The number of hydrogen-bond donors (Lipinski definition) is 2. The molecule has 0 radical (unpaired) electrons. The number of aromatic nitrogens is 1. The Morgan fingerprint density at radius 3 is 2.47 bits per heavy atom. The van der Waals surface area contributed by atoms with E-state index in [1.807, 2.05) is 26.0 Å². The number of pyridine rings is 1. The molecular formula is C14H14ClN3O. The second-order valence-electron chi connectivity index (χ2n) is 4.27. The summed E-state index contributed by atoms with van der Waals surface area (Å²) in [6.07, 6.45) is 1.56. The molecule has 1 heterocycles. The highest BCUT2D eigenvalue weighted by Crippen LogP contribution is 2.30. The van der Waals surface area contributed by atoms with Crippen molar-refractivity contribution in [3.63, 3.8) is 0 Å². The Bertz CT molecular complexity index is 617. The first-order chi connectivity index (χ1) is 8.97. The minimum absolute atomic E-state index is 0.0169. The lowest BCUT2D eigenvalue weighted by atomic mass is 10.1. The van der Waals surface area contributed by atoms with Crippen molar-refractivity contribution in [2.45, 2.75) is 13.8 Å².